The van der Waals surface area contributed by atoms with Crippen molar-refractivity contribution in [2.45, 2.75) is 77.4 Å². The molecule has 0 spiro atoms. The average Bonchev–Trinajstić information content (AvgIpc) is 2.42. The van der Waals surface area contributed by atoms with Crippen molar-refractivity contribution in [2.24, 2.45) is 0 Å². The van der Waals surface area contributed by atoms with Crippen molar-refractivity contribution < 1.29 is 12.3 Å². The Hall–Kier alpha value is 0.411. The van der Waals surface area contributed by atoms with E-state index in [1.165, 1.54) is 0 Å². The molecule has 9 heteroatoms. The highest BCUT2D eigenvalue weighted by atomic mass is 28.5. The van der Waals surface area contributed by atoms with Crippen molar-refractivity contribution in [3.05, 3.63) is 0 Å². The zero-order valence-electron chi connectivity index (χ0n) is 20.6. The molecule has 1 rings (SSSR count). The predicted molar refractivity (Wildman–Crippen MR) is 121 cm³/mol. The van der Waals surface area contributed by atoms with E-state index in [0.717, 1.165) is 0 Å². The van der Waals surface area contributed by atoms with Gasteiger partial charge in [-0.3, -0.25) is 13.7 Å². The number of rotatable bonds is 3. The van der Waals surface area contributed by atoms with Crippen LogP contribution in [0.1, 0.15) is 62.3 Å². The zero-order chi connectivity index (χ0) is 21.9. The first-order valence-corrected chi connectivity index (χ1v) is 15.1. The minimum atomic E-state index is -2.83. The Labute approximate surface area is 172 Å². The Morgan fingerprint density at radius 2 is 0.556 bits per heavy atom. The summed E-state index contributed by atoms with van der Waals surface area (Å²) in [6.07, 6.45) is 0. The Morgan fingerprint density at radius 1 is 0.407 bits per heavy atom. The van der Waals surface area contributed by atoms with Crippen molar-refractivity contribution in [3.8, 4) is 0 Å². The smallest absolute Gasteiger partial charge is 0.391 e. The van der Waals surface area contributed by atoms with Crippen LogP contribution in [0.5, 0.6) is 0 Å². The van der Waals surface area contributed by atoms with Gasteiger partial charge in [0.25, 0.3) is 0 Å². The fraction of sp³-hybridized carbons (Fsp3) is 1.00. The molecule has 1 aliphatic rings. The van der Waals surface area contributed by atoms with Gasteiger partial charge in [-0.1, -0.05) is 62.3 Å². The average molecular weight is 436 g/mol. The number of hydrogen-bond donors (Lipinski definition) is 0. The van der Waals surface area contributed by atoms with Gasteiger partial charge in [0.2, 0.25) is 0 Å². The maximum atomic E-state index is 7.21. The molecule has 0 N–H and O–H groups in total. The maximum absolute atomic E-state index is 7.21. The highest BCUT2D eigenvalue weighted by Gasteiger charge is 2.75. The third kappa shape index (κ3) is 3.91. The largest absolute Gasteiger partial charge is 0.417 e. The van der Waals surface area contributed by atoms with E-state index in [1.54, 1.807) is 0 Å². The molecule has 0 unspecified atom stereocenters. The topological polar surface area (TPSA) is 37.4 Å². The van der Waals surface area contributed by atoms with Gasteiger partial charge in [-0.25, -0.2) is 0 Å². The van der Waals surface area contributed by atoms with Crippen LogP contribution >= 0.6 is 0 Å². The standard InChI is InChI=1S/C18H45N3O3Si3/c1-16(2,3)25(19(10)11)22-26(20(12)13,17(4,5)6)24-27(23-25,21(14)15)18(7,8)9/h1-15H3. The number of hydrogen-bond acceptors (Lipinski definition) is 6. The van der Waals surface area contributed by atoms with Crippen LogP contribution in [0.25, 0.3) is 0 Å². The summed E-state index contributed by atoms with van der Waals surface area (Å²) in [5.74, 6) is 0. The summed E-state index contributed by atoms with van der Waals surface area (Å²) < 4.78 is 28.3. The van der Waals surface area contributed by atoms with Crippen molar-refractivity contribution in [1.82, 2.24) is 13.7 Å². The molecule has 0 bridgehead atoms. The molecule has 0 radical (unpaired) electrons. The summed E-state index contributed by atoms with van der Waals surface area (Å²) in [6.45, 7) is 20.2. The lowest BCUT2D eigenvalue weighted by molar-refractivity contribution is 0.0782. The minimum Gasteiger partial charge on any atom is -0.391 e. The van der Waals surface area contributed by atoms with Crippen LogP contribution in [0.3, 0.4) is 0 Å². The maximum Gasteiger partial charge on any atom is 0.417 e. The first-order valence-electron chi connectivity index (χ1n) is 9.83. The summed E-state index contributed by atoms with van der Waals surface area (Å²) >= 11 is 0. The summed E-state index contributed by atoms with van der Waals surface area (Å²) in [5.41, 5.74) is 0. The van der Waals surface area contributed by atoms with Crippen LogP contribution in [0.15, 0.2) is 0 Å². The highest BCUT2D eigenvalue weighted by molar-refractivity contribution is 6.94. The second-order valence-corrected chi connectivity index (χ2v) is 24.6. The monoisotopic (exact) mass is 435 g/mol. The molecule has 27 heavy (non-hydrogen) atoms. The van der Waals surface area contributed by atoms with Gasteiger partial charge in [0.1, 0.15) is 0 Å². The molecule has 0 aromatic heterocycles. The first kappa shape index (κ1) is 25.4. The van der Waals surface area contributed by atoms with Crippen LogP contribution in [-0.4, -0.2) is 82.1 Å². The molecule has 1 saturated heterocycles. The van der Waals surface area contributed by atoms with Gasteiger partial charge >= 0.3 is 26.2 Å². The Balaban J connectivity index is 3.98. The fourth-order valence-corrected chi connectivity index (χ4v) is 26.0. The van der Waals surface area contributed by atoms with Crippen LogP contribution in [0.4, 0.5) is 0 Å². The SMILES string of the molecule is CN(C)[Si]1(C(C)(C)C)O[Si](N(C)C)(C(C)(C)C)O[Si](N(C)C)(C(C)(C)C)O1. The van der Waals surface area contributed by atoms with E-state index in [9.17, 15) is 0 Å². The minimum absolute atomic E-state index is 0.140. The van der Waals surface area contributed by atoms with Gasteiger partial charge in [0.05, 0.1) is 0 Å². The van der Waals surface area contributed by atoms with E-state index in [2.05, 4.69) is 118 Å². The molecule has 1 fully saturated rings. The fourth-order valence-electron chi connectivity index (χ4n) is 4.10. The summed E-state index contributed by atoms with van der Waals surface area (Å²) in [4.78, 5) is 0. The van der Waals surface area contributed by atoms with Crippen molar-refractivity contribution in [3.63, 3.8) is 0 Å². The zero-order valence-corrected chi connectivity index (χ0v) is 23.6. The van der Waals surface area contributed by atoms with Gasteiger partial charge < -0.3 is 12.3 Å². The molecule has 162 valence electrons. The Bertz CT molecular complexity index is 453. The van der Waals surface area contributed by atoms with Gasteiger partial charge in [-0.2, -0.15) is 0 Å². The van der Waals surface area contributed by atoms with E-state index >= 15 is 0 Å². The molecule has 0 amide bonds. The normalized spacial score (nSPS) is 34.0. The number of nitrogens with zero attached hydrogens (tertiary/aromatic N) is 3. The Morgan fingerprint density at radius 3 is 0.630 bits per heavy atom. The van der Waals surface area contributed by atoms with Gasteiger partial charge in [0, 0.05) is 15.1 Å². The van der Waals surface area contributed by atoms with Gasteiger partial charge in [-0.15, -0.1) is 0 Å². The lowest BCUT2D eigenvalue weighted by Crippen LogP contribution is -2.86. The molecule has 1 aliphatic heterocycles. The molecule has 0 atom stereocenters. The highest BCUT2D eigenvalue weighted by Crippen LogP contribution is 2.56. The predicted octanol–water partition coefficient (Wildman–Crippen LogP) is 3.95. The van der Waals surface area contributed by atoms with Crippen LogP contribution in [0, 0.1) is 0 Å². The van der Waals surface area contributed by atoms with E-state index in [4.69, 9.17) is 12.3 Å². The van der Waals surface area contributed by atoms with Gasteiger partial charge in [-0.05, 0) is 42.3 Å². The second-order valence-electron chi connectivity index (χ2n) is 11.5. The Kier molecular flexibility index (Phi) is 6.86. The summed E-state index contributed by atoms with van der Waals surface area (Å²) in [7, 11) is 4.17. The summed E-state index contributed by atoms with van der Waals surface area (Å²) in [6, 6.07) is 0. The third-order valence-electron chi connectivity index (χ3n) is 5.44. The first-order chi connectivity index (χ1) is 11.7. The molecular formula is C18H45N3O3Si3. The molecule has 0 aromatic rings. The van der Waals surface area contributed by atoms with E-state index in [0.29, 0.717) is 0 Å². The van der Waals surface area contributed by atoms with E-state index in [1.807, 2.05) is 0 Å². The lowest BCUT2D eigenvalue weighted by atomic mass is 10.3. The lowest BCUT2D eigenvalue weighted by Gasteiger charge is -2.64. The molecule has 0 saturated carbocycles. The van der Waals surface area contributed by atoms with Crippen LogP contribution < -0.4 is 0 Å². The molecule has 0 aromatic carbocycles. The quantitative estimate of drug-likeness (QED) is 0.625. The molecule has 1 heterocycles. The van der Waals surface area contributed by atoms with E-state index in [-0.39, 0.29) is 15.1 Å². The summed E-state index contributed by atoms with van der Waals surface area (Å²) in [5, 5.41) is -0.419. The van der Waals surface area contributed by atoms with Crippen molar-refractivity contribution in [1.29, 1.82) is 0 Å². The van der Waals surface area contributed by atoms with Crippen LogP contribution in [0.2, 0.25) is 15.1 Å². The van der Waals surface area contributed by atoms with Crippen molar-refractivity contribution >= 4 is 26.2 Å². The van der Waals surface area contributed by atoms with Crippen molar-refractivity contribution in [2.75, 3.05) is 42.3 Å². The van der Waals surface area contributed by atoms with Crippen LogP contribution in [-0.2, 0) is 12.3 Å². The third-order valence-corrected chi connectivity index (χ3v) is 21.3. The second kappa shape index (κ2) is 7.28. The van der Waals surface area contributed by atoms with Gasteiger partial charge in [0.15, 0.2) is 0 Å². The molecular weight excluding hydrogens is 390 g/mol. The molecule has 6 nitrogen and oxygen atoms in total. The van der Waals surface area contributed by atoms with E-state index < -0.39 is 26.2 Å². The molecule has 0 aliphatic carbocycles.